The highest BCUT2D eigenvalue weighted by atomic mass is 127. The van der Waals surface area contributed by atoms with Crippen molar-refractivity contribution in [3.05, 3.63) is 0 Å². The van der Waals surface area contributed by atoms with Crippen LogP contribution in [0.2, 0.25) is 0 Å². The van der Waals surface area contributed by atoms with Gasteiger partial charge in [-0.3, -0.25) is 4.90 Å². The van der Waals surface area contributed by atoms with Crippen LogP contribution in [0.25, 0.3) is 0 Å². The van der Waals surface area contributed by atoms with Gasteiger partial charge in [0.2, 0.25) is 0 Å². The highest BCUT2D eigenvalue weighted by Gasteiger charge is 2.31. The molecule has 0 atom stereocenters. The van der Waals surface area contributed by atoms with E-state index in [2.05, 4.69) is 37.8 Å². The molecule has 0 bridgehead atoms. The topological polar surface area (TPSA) is 67.7 Å². The number of hydrogen-bond acceptors (Lipinski definition) is 5. The van der Waals surface area contributed by atoms with Gasteiger partial charge in [-0.15, -0.1) is 0 Å². The van der Waals surface area contributed by atoms with Gasteiger partial charge in [0.1, 0.15) is 0 Å². The molecule has 0 saturated carbocycles. The van der Waals surface area contributed by atoms with E-state index in [-0.39, 0.29) is 5.54 Å². The van der Waals surface area contributed by atoms with Crippen LogP contribution in [0.15, 0.2) is 0 Å². The number of ether oxygens (including phenoxy) is 1. The van der Waals surface area contributed by atoms with Crippen molar-refractivity contribution in [2.75, 3.05) is 46.1 Å². The van der Waals surface area contributed by atoms with Crippen LogP contribution in [0.5, 0.6) is 0 Å². The number of halogens is 1. The van der Waals surface area contributed by atoms with Crippen LogP contribution in [0, 0.1) is 5.41 Å². The van der Waals surface area contributed by atoms with Gasteiger partial charge >= 0.3 is 0 Å². The van der Waals surface area contributed by atoms with Gasteiger partial charge in [-0.05, 0) is 37.6 Å². The maximum atomic E-state index is 6.41. The number of hydrogen-bond donors (Lipinski definition) is 2. The predicted molar refractivity (Wildman–Crippen MR) is 90.5 cm³/mol. The lowest BCUT2D eigenvalue weighted by Gasteiger charge is -2.40. The van der Waals surface area contributed by atoms with E-state index in [1.165, 1.54) is 12.8 Å². The molecule has 118 valence electrons. The second kappa shape index (κ2) is 7.19. The van der Waals surface area contributed by atoms with Crippen molar-refractivity contribution in [3.63, 3.8) is 0 Å². The van der Waals surface area contributed by atoms with Crippen LogP contribution < -0.4 is 11.5 Å². The molecule has 0 aromatic carbocycles. The molecule has 2 aliphatic heterocycles. The van der Waals surface area contributed by atoms with E-state index >= 15 is 0 Å². The molecule has 20 heavy (non-hydrogen) atoms. The molecule has 5 nitrogen and oxygen atoms in total. The largest absolute Gasteiger partial charge is 0.364 e. The molecule has 0 aliphatic carbocycles. The van der Waals surface area contributed by atoms with Crippen molar-refractivity contribution in [2.24, 2.45) is 16.9 Å². The van der Waals surface area contributed by atoms with E-state index in [1.54, 1.807) is 0 Å². The van der Waals surface area contributed by atoms with Gasteiger partial charge in [0.15, 0.2) is 0 Å². The Bertz CT molecular complexity index is 300. The quantitative estimate of drug-likeness (QED) is 0.540. The maximum absolute atomic E-state index is 6.41. The minimum Gasteiger partial charge on any atom is -0.364 e. The minimum absolute atomic E-state index is 0.122. The standard InChI is InChI=1S/C14H29IN4O/c1-13(10-16)2-6-18(7-3-13)12-20-11-14(17)4-8-19(15)9-5-14/h2-12,16-17H2,1H3. The summed E-state index contributed by atoms with van der Waals surface area (Å²) in [6, 6.07) is 0. The van der Waals surface area contributed by atoms with Crippen LogP contribution in [0.1, 0.15) is 32.6 Å². The molecule has 6 heteroatoms. The third-order valence-corrected chi connectivity index (χ3v) is 5.89. The van der Waals surface area contributed by atoms with Gasteiger partial charge in [0, 0.05) is 54.6 Å². The Hall–Kier alpha value is 0.530. The SMILES string of the molecule is CC1(CN)CCN(COCC2(N)CCN(I)CC2)CC1. The van der Waals surface area contributed by atoms with E-state index in [1.807, 2.05) is 0 Å². The van der Waals surface area contributed by atoms with Gasteiger partial charge in [-0.2, -0.15) is 0 Å². The number of nitrogens with two attached hydrogens (primary N) is 2. The summed E-state index contributed by atoms with van der Waals surface area (Å²) in [4.78, 5) is 2.38. The highest BCUT2D eigenvalue weighted by molar-refractivity contribution is 14.1. The summed E-state index contributed by atoms with van der Waals surface area (Å²) in [7, 11) is 0. The van der Waals surface area contributed by atoms with E-state index in [0.29, 0.717) is 18.8 Å². The highest BCUT2D eigenvalue weighted by Crippen LogP contribution is 2.29. The first kappa shape index (κ1) is 16.9. The average Bonchev–Trinajstić information content (AvgIpc) is 2.45. The molecule has 2 heterocycles. The molecular formula is C14H29IN4O. The zero-order valence-corrected chi connectivity index (χ0v) is 14.8. The second-order valence-corrected chi connectivity index (χ2v) is 8.25. The molecule has 2 aliphatic rings. The molecule has 0 radical (unpaired) electrons. The molecule has 0 aromatic heterocycles. The maximum Gasteiger partial charge on any atom is 0.0991 e. The Morgan fingerprint density at radius 3 is 2.25 bits per heavy atom. The summed E-state index contributed by atoms with van der Waals surface area (Å²) in [5.74, 6) is 0. The number of likely N-dealkylation sites (tertiary alicyclic amines) is 1. The monoisotopic (exact) mass is 396 g/mol. The Labute approximate surface area is 136 Å². The molecule has 2 fully saturated rings. The summed E-state index contributed by atoms with van der Waals surface area (Å²) < 4.78 is 8.21. The molecule has 4 N–H and O–H groups in total. The molecular weight excluding hydrogens is 367 g/mol. The molecule has 2 rings (SSSR count). The summed E-state index contributed by atoms with van der Waals surface area (Å²) in [5.41, 5.74) is 12.5. The fourth-order valence-electron chi connectivity index (χ4n) is 2.87. The van der Waals surface area contributed by atoms with Crippen molar-refractivity contribution in [1.82, 2.24) is 8.01 Å². The van der Waals surface area contributed by atoms with Gasteiger partial charge in [0.25, 0.3) is 0 Å². The fourth-order valence-corrected chi connectivity index (χ4v) is 3.36. The molecule has 0 amide bonds. The zero-order chi connectivity index (χ0) is 14.6. The number of piperidine rings is 2. The summed E-state index contributed by atoms with van der Waals surface area (Å²) in [6.07, 6.45) is 4.40. The van der Waals surface area contributed by atoms with Gasteiger partial charge in [-0.1, -0.05) is 6.92 Å². The van der Waals surface area contributed by atoms with E-state index < -0.39 is 0 Å². The van der Waals surface area contributed by atoms with Crippen LogP contribution in [0.4, 0.5) is 0 Å². The van der Waals surface area contributed by atoms with Crippen molar-refractivity contribution in [3.8, 4) is 0 Å². The van der Waals surface area contributed by atoms with Crippen molar-refractivity contribution in [2.45, 2.75) is 38.1 Å². The third kappa shape index (κ3) is 4.78. The first-order chi connectivity index (χ1) is 9.45. The van der Waals surface area contributed by atoms with Gasteiger partial charge < -0.3 is 16.2 Å². The molecule has 2 saturated heterocycles. The number of nitrogens with zero attached hydrogens (tertiary/aromatic N) is 2. The second-order valence-electron chi connectivity index (χ2n) is 6.88. The van der Waals surface area contributed by atoms with Crippen molar-refractivity contribution >= 4 is 22.9 Å². The molecule has 0 aromatic rings. The average molecular weight is 396 g/mol. The Kier molecular flexibility index (Phi) is 6.08. The summed E-state index contributed by atoms with van der Waals surface area (Å²) >= 11 is 2.37. The van der Waals surface area contributed by atoms with Crippen LogP contribution in [-0.2, 0) is 4.74 Å². The van der Waals surface area contributed by atoms with Gasteiger partial charge in [0.05, 0.1) is 13.3 Å². The van der Waals surface area contributed by atoms with Gasteiger partial charge in [-0.25, -0.2) is 3.11 Å². The predicted octanol–water partition coefficient (Wildman–Crippen LogP) is 1.16. The Morgan fingerprint density at radius 2 is 1.70 bits per heavy atom. The lowest BCUT2D eigenvalue weighted by Crippen LogP contribution is -2.52. The fraction of sp³-hybridized carbons (Fsp3) is 1.00. The van der Waals surface area contributed by atoms with Crippen LogP contribution in [0.3, 0.4) is 0 Å². The van der Waals surface area contributed by atoms with Crippen molar-refractivity contribution in [1.29, 1.82) is 0 Å². The molecule has 0 unspecified atom stereocenters. The Balaban J connectivity index is 1.64. The normalized spacial score (nSPS) is 27.6. The van der Waals surface area contributed by atoms with E-state index in [4.69, 9.17) is 16.2 Å². The smallest absolute Gasteiger partial charge is 0.0991 e. The first-order valence-electron chi connectivity index (χ1n) is 7.65. The lowest BCUT2D eigenvalue weighted by atomic mass is 9.81. The summed E-state index contributed by atoms with van der Waals surface area (Å²) in [6.45, 7) is 8.80. The molecule has 0 spiro atoms. The summed E-state index contributed by atoms with van der Waals surface area (Å²) in [5, 5.41) is 0. The Morgan fingerprint density at radius 1 is 1.10 bits per heavy atom. The zero-order valence-electron chi connectivity index (χ0n) is 12.6. The van der Waals surface area contributed by atoms with Crippen LogP contribution in [-0.4, -0.2) is 59.6 Å². The van der Waals surface area contributed by atoms with E-state index in [0.717, 1.165) is 45.6 Å². The van der Waals surface area contributed by atoms with Crippen molar-refractivity contribution < 1.29 is 4.74 Å². The lowest BCUT2D eigenvalue weighted by molar-refractivity contribution is -0.0256. The van der Waals surface area contributed by atoms with Crippen LogP contribution >= 0.6 is 22.9 Å². The third-order valence-electron chi connectivity index (χ3n) is 4.92. The minimum atomic E-state index is -0.122. The van der Waals surface area contributed by atoms with E-state index in [9.17, 15) is 0 Å². The first-order valence-corrected chi connectivity index (χ1v) is 8.61. The number of rotatable bonds is 5.